The molecule has 0 aliphatic carbocycles. The molecule has 0 amide bonds. The van der Waals surface area contributed by atoms with Crippen LogP contribution in [0.3, 0.4) is 0 Å². The van der Waals surface area contributed by atoms with Crippen molar-refractivity contribution >= 4 is 5.57 Å². The number of hydrogen-bond donors (Lipinski definition) is 1. The number of aliphatic hydroxyl groups is 1. The number of benzene rings is 1. The molecule has 3 nitrogen and oxygen atoms in total. The number of fused-ring (bicyclic) bond motifs is 1. The van der Waals surface area contributed by atoms with Gasteiger partial charge in [-0.15, -0.1) is 0 Å². The van der Waals surface area contributed by atoms with Crippen LogP contribution in [0.25, 0.3) is 5.57 Å². The standard InChI is InChI=1S/C10H10O3/c1-7(5-11)8-2-3-9-10(4-8)13-6-12-9/h2-4,11H,1,5-6H2. The van der Waals surface area contributed by atoms with Crippen molar-refractivity contribution in [1.29, 1.82) is 0 Å². The van der Waals surface area contributed by atoms with Gasteiger partial charge in [0, 0.05) is 0 Å². The average Bonchev–Trinajstić information content (AvgIpc) is 2.63. The second kappa shape index (κ2) is 3.11. The summed E-state index contributed by atoms with van der Waals surface area (Å²) in [5.74, 6) is 1.46. The molecular weight excluding hydrogens is 168 g/mol. The van der Waals surface area contributed by atoms with Gasteiger partial charge in [0.05, 0.1) is 6.61 Å². The van der Waals surface area contributed by atoms with Gasteiger partial charge in [-0.2, -0.15) is 0 Å². The van der Waals surface area contributed by atoms with Gasteiger partial charge in [-0.25, -0.2) is 0 Å². The Kier molecular flexibility index (Phi) is 1.94. The van der Waals surface area contributed by atoms with Crippen LogP contribution in [0, 0.1) is 0 Å². The molecule has 0 atom stereocenters. The smallest absolute Gasteiger partial charge is 0.231 e. The molecule has 1 aliphatic rings. The van der Waals surface area contributed by atoms with E-state index in [0.717, 1.165) is 11.3 Å². The monoisotopic (exact) mass is 178 g/mol. The molecule has 0 bridgehead atoms. The van der Waals surface area contributed by atoms with Crippen LogP contribution in [0.2, 0.25) is 0 Å². The SMILES string of the molecule is C=C(CO)c1ccc2c(c1)OCO2. The highest BCUT2D eigenvalue weighted by Gasteiger charge is 2.13. The molecule has 0 radical (unpaired) electrons. The number of ether oxygens (including phenoxy) is 2. The summed E-state index contributed by atoms with van der Waals surface area (Å²) in [7, 11) is 0. The van der Waals surface area contributed by atoms with E-state index < -0.39 is 0 Å². The maximum absolute atomic E-state index is 8.87. The fraction of sp³-hybridized carbons (Fsp3) is 0.200. The van der Waals surface area contributed by atoms with Crippen LogP contribution < -0.4 is 9.47 Å². The highest BCUT2D eigenvalue weighted by molar-refractivity contribution is 5.67. The number of aliphatic hydroxyl groups excluding tert-OH is 1. The van der Waals surface area contributed by atoms with Crippen LogP contribution >= 0.6 is 0 Å². The minimum Gasteiger partial charge on any atom is -0.454 e. The summed E-state index contributed by atoms with van der Waals surface area (Å²) >= 11 is 0. The van der Waals surface area contributed by atoms with Gasteiger partial charge in [-0.3, -0.25) is 0 Å². The topological polar surface area (TPSA) is 38.7 Å². The Labute approximate surface area is 76.2 Å². The van der Waals surface area contributed by atoms with Crippen LogP contribution in [0.15, 0.2) is 24.8 Å². The summed E-state index contributed by atoms with van der Waals surface area (Å²) in [5.41, 5.74) is 1.56. The molecule has 3 heteroatoms. The van der Waals surface area contributed by atoms with E-state index in [1.807, 2.05) is 18.2 Å². The second-order valence-corrected chi connectivity index (χ2v) is 2.83. The Morgan fingerprint density at radius 1 is 1.38 bits per heavy atom. The van der Waals surface area contributed by atoms with Crippen molar-refractivity contribution in [3.8, 4) is 11.5 Å². The summed E-state index contributed by atoms with van der Waals surface area (Å²) in [6.07, 6.45) is 0. The lowest BCUT2D eigenvalue weighted by molar-refractivity contribution is 0.174. The van der Waals surface area contributed by atoms with Crippen molar-refractivity contribution in [2.24, 2.45) is 0 Å². The molecule has 1 aromatic rings. The first-order valence-electron chi connectivity index (χ1n) is 4.00. The number of rotatable bonds is 2. The predicted molar refractivity (Wildman–Crippen MR) is 48.7 cm³/mol. The Morgan fingerprint density at radius 2 is 2.15 bits per heavy atom. The van der Waals surface area contributed by atoms with Gasteiger partial charge < -0.3 is 14.6 Å². The minimum absolute atomic E-state index is 0.0420. The van der Waals surface area contributed by atoms with Crippen molar-refractivity contribution in [3.63, 3.8) is 0 Å². The fourth-order valence-electron chi connectivity index (χ4n) is 1.21. The third-order valence-corrected chi connectivity index (χ3v) is 1.97. The van der Waals surface area contributed by atoms with Crippen molar-refractivity contribution in [3.05, 3.63) is 30.3 Å². The van der Waals surface area contributed by atoms with Gasteiger partial charge in [-0.1, -0.05) is 12.6 Å². The molecule has 0 spiro atoms. The van der Waals surface area contributed by atoms with Gasteiger partial charge >= 0.3 is 0 Å². The number of hydrogen-bond acceptors (Lipinski definition) is 3. The molecule has 0 saturated heterocycles. The maximum atomic E-state index is 8.87. The molecule has 0 fully saturated rings. The van der Waals surface area contributed by atoms with Gasteiger partial charge in [0.2, 0.25) is 6.79 Å². The van der Waals surface area contributed by atoms with Crippen molar-refractivity contribution in [1.82, 2.24) is 0 Å². The summed E-state index contributed by atoms with van der Waals surface area (Å²) in [5, 5.41) is 8.87. The summed E-state index contributed by atoms with van der Waals surface area (Å²) in [4.78, 5) is 0. The summed E-state index contributed by atoms with van der Waals surface area (Å²) in [6, 6.07) is 5.49. The average molecular weight is 178 g/mol. The maximum Gasteiger partial charge on any atom is 0.231 e. The van der Waals surface area contributed by atoms with E-state index in [2.05, 4.69) is 6.58 Å². The van der Waals surface area contributed by atoms with E-state index in [-0.39, 0.29) is 13.4 Å². The van der Waals surface area contributed by atoms with E-state index >= 15 is 0 Å². The zero-order valence-electron chi connectivity index (χ0n) is 7.12. The molecular formula is C10H10O3. The predicted octanol–water partition coefficient (Wildman–Crippen LogP) is 1.42. The van der Waals surface area contributed by atoms with Crippen LogP contribution in [0.1, 0.15) is 5.56 Å². The van der Waals surface area contributed by atoms with E-state index in [1.165, 1.54) is 0 Å². The first kappa shape index (κ1) is 8.13. The fourth-order valence-corrected chi connectivity index (χ4v) is 1.21. The van der Waals surface area contributed by atoms with E-state index in [1.54, 1.807) is 0 Å². The van der Waals surface area contributed by atoms with Crippen molar-refractivity contribution in [2.75, 3.05) is 13.4 Å². The van der Waals surface area contributed by atoms with E-state index in [4.69, 9.17) is 14.6 Å². The van der Waals surface area contributed by atoms with Gasteiger partial charge in [0.25, 0.3) is 0 Å². The molecule has 0 unspecified atom stereocenters. The normalized spacial score (nSPS) is 13.0. The third-order valence-electron chi connectivity index (χ3n) is 1.97. The Hall–Kier alpha value is -1.48. The van der Waals surface area contributed by atoms with Gasteiger partial charge in [0.1, 0.15) is 0 Å². The largest absolute Gasteiger partial charge is 0.454 e. The third kappa shape index (κ3) is 1.38. The second-order valence-electron chi connectivity index (χ2n) is 2.83. The van der Waals surface area contributed by atoms with Crippen LogP contribution in [-0.4, -0.2) is 18.5 Å². The van der Waals surface area contributed by atoms with Crippen molar-refractivity contribution < 1.29 is 14.6 Å². The zero-order chi connectivity index (χ0) is 9.26. The molecule has 1 N–H and O–H groups in total. The molecule has 13 heavy (non-hydrogen) atoms. The highest BCUT2D eigenvalue weighted by Crippen LogP contribution is 2.33. The Balaban J connectivity index is 2.36. The van der Waals surface area contributed by atoms with Crippen LogP contribution in [0.4, 0.5) is 0 Å². The lowest BCUT2D eigenvalue weighted by Gasteiger charge is -2.02. The molecule has 1 aromatic carbocycles. The van der Waals surface area contributed by atoms with E-state index in [9.17, 15) is 0 Å². The molecule has 0 saturated carbocycles. The highest BCUT2D eigenvalue weighted by atomic mass is 16.7. The van der Waals surface area contributed by atoms with Crippen LogP contribution in [0.5, 0.6) is 11.5 Å². The van der Waals surface area contributed by atoms with Crippen LogP contribution in [-0.2, 0) is 0 Å². The van der Waals surface area contributed by atoms with Gasteiger partial charge in [0.15, 0.2) is 11.5 Å². The minimum atomic E-state index is -0.0420. The lowest BCUT2D eigenvalue weighted by atomic mass is 10.1. The lowest BCUT2D eigenvalue weighted by Crippen LogP contribution is -1.93. The molecule has 68 valence electrons. The molecule has 2 rings (SSSR count). The Bertz CT molecular complexity index is 344. The molecule has 1 heterocycles. The molecule has 1 aliphatic heterocycles. The van der Waals surface area contributed by atoms with E-state index in [0.29, 0.717) is 11.3 Å². The Morgan fingerprint density at radius 3 is 2.92 bits per heavy atom. The summed E-state index contributed by atoms with van der Waals surface area (Å²) in [6.45, 7) is 3.95. The molecule has 0 aromatic heterocycles. The summed E-state index contributed by atoms with van der Waals surface area (Å²) < 4.78 is 10.3. The first-order valence-corrected chi connectivity index (χ1v) is 4.00. The van der Waals surface area contributed by atoms with Crippen molar-refractivity contribution in [2.45, 2.75) is 0 Å². The zero-order valence-corrected chi connectivity index (χ0v) is 7.12. The quantitative estimate of drug-likeness (QED) is 0.744. The first-order chi connectivity index (χ1) is 6.31. The van der Waals surface area contributed by atoms with Gasteiger partial charge in [-0.05, 0) is 23.3 Å².